The molecule has 0 unspecified atom stereocenters. The van der Waals surface area contributed by atoms with E-state index in [1.165, 1.54) is 18.4 Å². The Morgan fingerprint density at radius 3 is 3.00 bits per heavy atom. The van der Waals surface area contributed by atoms with Crippen molar-refractivity contribution < 1.29 is 6.11 Å². The van der Waals surface area contributed by atoms with Gasteiger partial charge < -0.3 is 4.74 Å². The predicted molar refractivity (Wildman–Crippen MR) is 73.4 cm³/mol. The van der Waals surface area contributed by atoms with Crippen LogP contribution in [0.25, 0.3) is 5.82 Å². The molecule has 0 aliphatic rings. The minimum atomic E-state index is -0.427. The van der Waals surface area contributed by atoms with Crippen molar-refractivity contribution in [1.29, 1.82) is 0 Å². The Morgan fingerprint density at radius 1 is 1.48 bits per heavy atom. The number of ether oxygens (including phenoxy) is 1. The Labute approximate surface area is 124 Å². The van der Waals surface area contributed by atoms with Crippen LogP contribution >= 0.6 is 11.3 Å². The van der Waals surface area contributed by atoms with Gasteiger partial charge in [0.1, 0.15) is 6.61 Å². The second kappa shape index (κ2) is 5.40. The zero-order valence-electron chi connectivity index (χ0n) is 12.2. The molecular formula is C11H11N7O2S. The SMILES string of the molecule is [3H]c1csc(OCc2c(C)cnnc2-n2nnn(C)c2=O)n1. The Hall–Kier alpha value is -2.62. The maximum absolute atomic E-state index is 12.0. The van der Waals surface area contributed by atoms with Crippen LogP contribution in [-0.4, -0.2) is 35.0 Å². The first-order valence-corrected chi connectivity index (χ1v) is 6.79. The van der Waals surface area contributed by atoms with E-state index in [4.69, 9.17) is 6.11 Å². The molecule has 0 aliphatic heterocycles. The maximum atomic E-state index is 12.0. The number of rotatable bonds is 4. The van der Waals surface area contributed by atoms with Gasteiger partial charge in [0.2, 0.25) is 0 Å². The Bertz CT molecular complexity index is 871. The monoisotopic (exact) mass is 307 g/mol. The molecule has 0 bridgehead atoms. The fraction of sp³-hybridized carbons (Fsp3) is 0.273. The molecule has 0 spiro atoms. The van der Waals surface area contributed by atoms with Gasteiger partial charge in [0.15, 0.2) is 5.82 Å². The fourth-order valence-electron chi connectivity index (χ4n) is 1.66. The molecule has 21 heavy (non-hydrogen) atoms. The van der Waals surface area contributed by atoms with E-state index < -0.39 is 5.69 Å². The van der Waals surface area contributed by atoms with Gasteiger partial charge in [-0.15, -0.1) is 9.78 Å². The van der Waals surface area contributed by atoms with Gasteiger partial charge in [0, 0.05) is 24.2 Å². The number of nitrogens with zero attached hydrogens (tertiary/aromatic N) is 7. The highest BCUT2D eigenvalue weighted by molar-refractivity contribution is 7.11. The van der Waals surface area contributed by atoms with Crippen LogP contribution in [-0.2, 0) is 13.7 Å². The summed E-state index contributed by atoms with van der Waals surface area (Å²) < 4.78 is 15.1. The number of aryl methyl sites for hydroxylation is 2. The van der Waals surface area contributed by atoms with Crippen molar-refractivity contribution in [3.8, 4) is 11.0 Å². The van der Waals surface area contributed by atoms with Crippen LogP contribution in [0.2, 0.25) is 0 Å². The lowest BCUT2D eigenvalue weighted by molar-refractivity contribution is 0.302. The fourth-order valence-corrected chi connectivity index (χ4v) is 2.10. The van der Waals surface area contributed by atoms with E-state index in [9.17, 15) is 4.79 Å². The van der Waals surface area contributed by atoms with Crippen molar-refractivity contribution in [3.63, 3.8) is 0 Å². The topological polar surface area (TPSA) is 101 Å². The van der Waals surface area contributed by atoms with E-state index in [1.807, 2.05) is 6.92 Å². The van der Waals surface area contributed by atoms with Crippen molar-refractivity contribution in [2.45, 2.75) is 13.5 Å². The molecule has 3 heterocycles. The van der Waals surface area contributed by atoms with Crippen molar-refractivity contribution >= 4 is 11.3 Å². The van der Waals surface area contributed by atoms with Crippen LogP contribution in [0.1, 0.15) is 12.5 Å². The van der Waals surface area contributed by atoms with Crippen molar-refractivity contribution in [2.24, 2.45) is 7.05 Å². The third kappa shape index (κ3) is 2.52. The maximum Gasteiger partial charge on any atom is 0.369 e. The summed E-state index contributed by atoms with van der Waals surface area (Å²) in [4.78, 5) is 15.9. The van der Waals surface area contributed by atoms with E-state index in [0.29, 0.717) is 10.8 Å². The third-order valence-electron chi connectivity index (χ3n) is 2.78. The first-order valence-electron chi connectivity index (χ1n) is 6.41. The first-order chi connectivity index (χ1) is 10.6. The summed E-state index contributed by atoms with van der Waals surface area (Å²) in [7, 11) is 1.50. The average molecular weight is 307 g/mol. The summed E-state index contributed by atoms with van der Waals surface area (Å²) in [6.45, 7) is 1.96. The van der Waals surface area contributed by atoms with Crippen LogP contribution in [0.3, 0.4) is 0 Å². The molecule has 0 radical (unpaired) electrons. The number of hydrogen-bond acceptors (Lipinski definition) is 8. The van der Waals surface area contributed by atoms with E-state index >= 15 is 0 Å². The molecule has 0 saturated carbocycles. The smallest absolute Gasteiger partial charge is 0.369 e. The number of thiazole rings is 1. The molecular weight excluding hydrogens is 294 g/mol. The Morgan fingerprint density at radius 2 is 2.33 bits per heavy atom. The molecule has 3 aromatic heterocycles. The summed E-state index contributed by atoms with van der Waals surface area (Å²) in [5.74, 6) is 0.265. The van der Waals surface area contributed by atoms with Gasteiger partial charge in [-0.3, -0.25) is 0 Å². The van der Waals surface area contributed by atoms with Crippen LogP contribution in [0.15, 0.2) is 22.5 Å². The average Bonchev–Trinajstić information content (AvgIpc) is 3.05. The number of tetrazole rings is 1. The molecule has 3 aromatic rings. The minimum Gasteiger partial charge on any atom is -0.465 e. The molecule has 9 nitrogen and oxygen atoms in total. The summed E-state index contributed by atoms with van der Waals surface area (Å²) >= 11 is 1.23. The molecule has 0 atom stereocenters. The minimum absolute atomic E-state index is 0.132. The van der Waals surface area contributed by atoms with E-state index in [-0.39, 0.29) is 18.6 Å². The van der Waals surface area contributed by atoms with E-state index in [2.05, 4.69) is 25.6 Å². The normalized spacial score (nSPS) is 11.4. The summed E-state index contributed by atoms with van der Waals surface area (Å²) in [6, 6.07) is 0. The van der Waals surface area contributed by atoms with E-state index in [1.54, 1.807) is 11.6 Å². The Kier molecular flexibility index (Phi) is 3.12. The van der Waals surface area contributed by atoms with Crippen LogP contribution < -0.4 is 10.4 Å². The van der Waals surface area contributed by atoms with Crippen molar-refractivity contribution in [2.75, 3.05) is 0 Å². The molecule has 0 aromatic carbocycles. The first kappa shape index (κ1) is 12.1. The van der Waals surface area contributed by atoms with Gasteiger partial charge in [-0.25, -0.2) is 9.78 Å². The van der Waals surface area contributed by atoms with Gasteiger partial charge in [0.25, 0.3) is 5.19 Å². The van der Waals surface area contributed by atoms with Gasteiger partial charge in [-0.1, -0.05) is 11.3 Å². The van der Waals surface area contributed by atoms with Crippen LogP contribution in [0.5, 0.6) is 5.19 Å². The van der Waals surface area contributed by atoms with Crippen molar-refractivity contribution in [3.05, 3.63) is 39.4 Å². The molecule has 0 N–H and O–H groups in total. The molecule has 0 saturated heterocycles. The molecule has 0 amide bonds. The summed E-state index contributed by atoms with van der Waals surface area (Å²) in [6.07, 6.45) is 1.72. The lowest BCUT2D eigenvalue weighted by Crippen LogP contribution is -2.24. The molecule has 0 aliphatic carbocycles. The molecule has 108 valence electrons. The second-order valence-electron chi connectivity index (χ2n) is 4.16. The van der Waals surface area contributed by atoms with Gasteiger partial charge in [-0.2, -0.15) is 9.78 Å². The largest absolute Gasteiger partial charge is 0.465 e. The highest BCUT2D eigenvalue weighted by Gasteiger charge is 2.16. The standard InChI is InChI=1S/C11H11N7O2S/c1-7-5-13-14-9(18-11(19)17(2)15-16-18)8(7)6-20-10-12-3-4-21-10/h3-5H,6H2,1-2H3/i3T. The van der Waals surface area contributed by atoms with Crippen molar-refractivity contribution in [1.82, 2.24) is 35.0 Å². The Balaban J connectivity index is 1.96. The summed E-state index contributed by atoms with van der Waals surface area (Å²) in [5.41, 5.74) is 1.02. The predicted octanol–water partition coefficient (Wildman–Crippen LogP) is 0.0999. The highest BCUT2D eigenvalue weighted by Crippen LogP contribution is 2.19. The highest BCUT2D eigenvalue weighted by atomic mass is 32.1. The number of aromatic nitrogens is 7. The lowest BCUT2D eigenvalue weighted by Gasteiger charge is -2.09. The van der Waals surface area contributed by atoms with Gasteiger partial charge in [-0.05, 0) is 22.9 Å². The third-order valence-corrected chi connectivity index (χ3v) is 3.41. The van der Waals surface area contributed by atoms with Gasteiger partial charge >= 0.3 is 5.69 Å². The zero-order valence-corrected chi connectivity index (χ0v) is 12.0. The van der Waals surface area contributed by atoms with E-state index in [0.717, 1.165) is 14.9 Å². The summed E-state index contributed by atoms with van der Waals surface area (Å²) in [5, 5.41) is 17.2. The quantitative estimate of drug-likeness (QED) is 0.673. The van der Waals surface area contributed by atoms with Gasteiger partial charge in [0.05, 0.1) is 7.57 Å². The molecule has 0 fully saturated rings. The lowest BCUT2D eigenvalue weighted by atomic mass is 10.2. The second-order valence-corrected chi connectivity index (χ2v) is 4.98. The van der Waals surface area contributed by atoms with Crippen LogP contribution in [0, 0.1) is 6.92 Å². The zero-order chi connectivity index (χ0) is 15.7. The molecule has 10 heteroatoms. The molecule has 3 rings (SSSR count). The van der Waals surface area contributed by atoms with Crippen LogP contribution in [0.4, 0.5) is 0 Å². The number of hydrogen-bond donors (Lipinski definition) is 0.